The summed E-state index contributed by atoms with van der Waals surface area (Å²) in [5.74, 6) is 0.933. The number of halogens is 1. The Kier molecular flexibility index (Phi) is 6.55. The molecule has 0 aromatic heterocycles. The zero-order valence-corrected chi connectivity index (χ0v) is 15.1. The Morgan fingerprint density at radius 2 is 1.76 bits per heavy atom. The number of nitrogens with one attached hydrogen (secondary N) is 1. The standard InChI is InChI=1S/C18H30ClNO/c1-17(2,3)20-12-11-18(4,5)10-9-14-13-15(19)7-8-16(14)21-6/h7-8,13,20H,9-12H2,1-6H3. The van der Waals surface area contributed by atoms with E-state index in [1.54, 1.807) is 7.11 Å². The van der Waals surface area contributed by atoms with Gasteiger partial charge in [0.05, 0.1) is 7.11 Å². The SMILES string of the molecule is COc1ccc(Cl)cc1CCC(C)(C)CCNC(C)(C)C. The first-order valence-electron chi connectivity index (χ1n) is 7.70. The van der Waals surface area contributed by atoms with E-state index in [2.05, 4.69) is 39.9 Å². The molecule has 1 aromatic carbocycles. The summed E-state index contributed by atoms with van der Waals surface area (Å²) >= 11 is 6.09. The van der Waals surface area contributed by atoms with Gasteiger partial charge in [0.25, 0.3) is 0 Å². The molecule has 0 atom stereocenters. The third-order valence-electron chi connectivity index (χ3n) is 3.77. The summed E-state index contributed by atoms with van der Waals surface area (Å²) in [5, 5.41) is 4.34. The van der Waals surface area contributed by atoms with Crippen LogP contribution in [0.5, 0.6) is 5.75 Å². The molecule has 0 spiro atoms. The average Bonchev–Trinajstić information content (AvgIpc) is 2.35. The predicted molar refractivity (Wildman–Crippen MR) is 92.5 cm³/mol. The highest BCUT2D eigenvalue weighted by atomic mass is 35.5. The van der Waals surface area contributed by atoms with Crippen molar-refractivity contribution in [3.63, 3.8) is 0 Å². The van der Waals surface area contributed by atoms with Crippen LogP contribution in [0.25, 0.3) is 0 Å². The van der Waals surface area contributed by atoms with Crippen molar-refractivity contribution in [1.82, 2.24) is 5.32 Å². The molecule has 0 heterocycles. The zero-order chi connectivity index (χ0) is 16.1. The monoisotopic (exact) mass is 311 g/mol. The Balaban J connectivity index is 2.55. The van der Waals surface area contributed by atoms with E-state index < -0.39 is 0 Å². The van der Waals surface area contributed by atoms with Gasteiger partial charge in [0, 0.05) is 10.6 Å². The Bertz CT molecular complexity index is 449. The molecule has 3 heteroatoms. The van der Waals surface area contributed by atoms with Crippen LogP contribution in [0.15, 0.2) is 18.2 Å². The fourth-order valence-electron chi connectivity index (χ4n) is 2.32. The summed E-state index contributed by atoms with van der Waals surface area (Å²) in [6, 6.07) is 5.85. The highest BCUT2D eigenvalue weighted by molar-refractivity contribution is 6.30. The second kappa shape index (κ2) is 7.51. The summed E-state index contributed by atoms with van der Waals surface area (Å²) in [6.07, 6.45) is 3.27. The third-order valence-corrected chi connectivity index (χ3v) is 4.01. The van der Waals surface area contributed by atoms with Crippen molar-refractivity contribution in [2.45, 2.75) is 59.4 Å². The van der Waals surface area contributed by atoms with Crippen LogP contribution in [0.2, 0.25) is 5.02 Å². The summed E-state index contributed by atoms with van der Waals surface area (Å²) in [5.41, 5.74) is 1.68. The van der Waals surface area contributed by atoms with E-state index in [9.17, 15) is 0 Å². The molecule has 0 unspecified atom stereocenters. The van der Waals surface area contributed by atoms with Gasteiger partial charge in [-0.05, 0) is 75.8 Å². The van der Waals surface area contributed by atoms with E-state index in [1.807, 2.05) is 18.2 Å². The Morgan fingerprint density at radius 1 is 1.10 bits per heavy atom. The van der Waals surface area contributed by atoms with Gasteiger partial charge in [0.15, 0.2) is 0 Å². The van der Waals surface area contributed by atoms with E-state index in [4.69, 9.17) is 16.3 Å². The lowest BCUT2D eigenvalue weighted by Gasteiger charge is -2.28. The number of methoxy groups -OCH3 is 1. The smallest absolute Gasteiger partial charge is 0.122 e. The quantitative estimate of drug-likeness (QED) is 0.757. The first-order valence-corrected chi connectivity index (χ1v) is 8.08. The van der Waals surface area contributed by atoms with E-state index in [0.29, 0.717) is 5.41 Å². The van der Waals surface area contributed by atoms with Gasteiger partial charge in [-0.15, -0.1) is 0 Å². The maximum Gasteiger partial charge on any atom is 0.122 e. The highest BCUT2D eigenvalue weighted by Gasteiger charge is 2.19. The number of benzene rings is 1. The maximum atomic E-state index is 6.09. The zero-order valence-electron chi connectivity index (χ0n) is 14.3. The molecule has 2 nitrogen and oxygen atoms in total. The van der Waals surface area contributed by atoms with Crippen molar-refractivity contribution < 1.29 is 4.74 Å². The minimum atomic E-state index is 0.187. The molecule has 1 aromatic rings. The first-order chi connectivity index (χ1) is 9.63. The van der Waals surface area contributed by atoms with Crippen molar-refractivity contribution >= 4 is 11.6 Å². The third kappa shape index (κ3) is 7.19. The lowest BCUT2D eigenvalue weighted by atomic mass is 9.83. The van der Waals surface area contributed by atoms with Gasteiger partial charge in [-0.2, -0.15) is 0 Å². The molecule has 0 bridgehead atoms. The Morgan fingerprint density at radius 3 is 2.33 bits per heavy atom. The Hall–Kier alpha value is -0.730. The number of hydrogen-bond donors (Lipinski definition) is 1. The number of ether oxygens (including phenoxy) is 1. The molecule has 0 saturated heterocycles. The highest BCUT2D eigenvalue weighted by Crippen LogP contribution is 2.30. The summed E-state index contributed by atoms with van der Waals surface area (Å²) < 4.78 is 5.42. The normalized spacial score (nSPS) is 12.5. The van der Waals surface area contributed by atoms with Crippen LogP contribution >= 0.6 is 11.6 Å². The second-order valence-corrected chi connectivity index (χ2v) is 7.98. The van der Waals surface area contributed by atoms with Crippen molar-refractivity contribution in [3.8, 4) is 5.75 Å². The minimum absolute atomic E-state index is 0.187. The van der Waals surface area contributed by atoms with Gasteiger partial charge >= 0.3 is 0 Å². The van der Waals surface area contributed by atoms with E-state index in [0.717, 1.165) is 36.6 Å². The molecule has 0 amide bonds. The number of hydrogen-bond acceptors (Lipinski definition) is 2. The van der Waals surface area contributed by atoms with Crippen molar-refractivity contribution in [3.05, 3.63) is 28.8 Å². The van der Waals surface area contributed by atoms with Crippen LogP contribution in [0, 0.1) is 5.41 Å². The molecule has 0 aliphatic carbocycles. The van der Waals surface area contributed by atoms with Crippen molar-refractivity contribution in [1.29, 1.82) is 0 Å². The molecule has 0 saturated carbocycles. The lowest BCUT2D eigenvalue weighted by molar-refractivity contribution is 0.283. The van der Waals surface area contributed by atoms with Crippen LogP contribution in [0.3, 0.4) is 0 Å². The van der Waals surface area contributed by atoms with Gasteiger partial charge in [-0.3, -0.25) is 0 Å². The van der Waals surface area contributed by atoms with E-state index >= 15 is 0 Å². The molecule has 1 N–H and O–H groups in total. The van der Waals surface area contributed by atoms with Gasteiger partial charge in [0.2, 0.25) is 0 Å². The van der Waals surface area contributed by atoms with Crippen molar-refractivity contribution in [2.24, 2.45) is 5.41 Å². The van der Waals surface area contributed by atoms with Gasteiger partial charge < -0.3 is 10.1 Å². The summed E-state index contributed by atoms with van der Waals surface area (Å²) in [4.78, 5) is 0. The molecule has 0 aliphatic heterocycles. The fourth-order valence-corrected chi connectivity index (χ4v) is 2.51. The summed E-state index contributed by atoms with van der Waals surface area (Å²) in [6.45, 7) is 12.3. The van der Waals surface area contributed by atoms with Crippen LogP contribution in [-0.4, -0.2) is 19.2 Å². The number of aryl methyl sites for hydroxylation is 1. The lowest BCUT2D eigenvalue weighted by Crippen LogP contribution is -2.38. The molecule has 0 fully saturated rings. The molecule has 1 rings (SSSR count). The van der Waals surface area contributed by atoms with Crippen LogP contribution in [-0.2, 0) is 6.42 Å². The predicted octanol–water partition coefficient (Wildman–Crippen LogP) is 5.09. The molecular formula is C18H30ClNO. The maximum absolute atomic E-state index is 6.09. The molecular weight excluding hydrogens is 282 g/mol. The topological polar surface area (TPSA) is 21.3 Å². The average molecular weight is 312 g/mol. The molecule has 120 valence electrons. The van der Waals surface area contributed by atoms with Gasteiger partial charge in [-0.1, -0.05) is 25.4 Å². The summed E-state index contributed by atoms with van der Waals surface area (Å²) in [7, 11) is 1.71. The molecule has 21 heavy (non-hydrogen) atoms. The van der Waals surface area contributed by atoms with Crippen LogP contribution in [0.4, 0.5) is 0 Å². The fraction of sp³-hybridized carbons (Fsp3) is 0.667. The van der Waals surface area contributed by atoms with Crippen LogP contribution in [0.1, 0.15) is 53.0 Å². The van der Waals surface area contributed by atoms with Gasteiger partial charge in [-0.25, -0.2) is 0 Å². The van der Waals surface area contributed by atoms with E-state index in [-0.39, 0.29) is 5.54 Å². The van der Waals surface area contributed by atoms with Crippen LogP contribution < -0.4 is 10.1 Å². The molecule has 0 aliphatic rings. The van der Waals surface area contributed by atoms with Crippen molar-refractivity contribution in [2.75, 3.05) is 13.7 Å². The van der Waals surface area contributed by atoms with E-state index in [1.165, 1.54) is 5.56 Å². The Labute approximate surface area is 135 Å². The minimum Gasteiger partial charge on any atom is -0.496 e. The number of rotatable bonds is 7. The van der Waals surface area contributed by atoms with Gasteiger partial charge in [0.1, 0.15) is 5.75 Å². The first kappa shape index (κ1) is 18.3. The second-order valence-electron chi connectivity index (χ2n) is 7.55. The molecule has 0 radical (unpaired) electrons. The largest absolute Gasteiger partial charge is 0.496 e.